The van der Waals surface area contributed by atoms with Crippen molar-refractivity contribution in [2.45, 2.75) is 51.6 Å². The summed E-state index contributed by atoms with van der Waals surface area (Å²) < 4.78 is 41.7. The molecule has 3 aromatic carbocycles. The van der Waals surface area contributed by atoms with Gasteiger partial charge in [0, 0.05) is 16.6 Å². The molecule has 2 nitrogen and oxygen atoms in total. The Balaban J connectivity index is 1.64. The van der Waals surface area contributed by atoms with Gasteiger partial charge in [0.25, 0.3) is 0 Å². The number of hydrogen-bond donors (Lipinski definition) is 1. The molecule has 5 rings (SSSR count). The molecule has 1 N–H and O–H groups in total. The summed E-state index contributed by atoms with van der Waals surface area (Å²) in [5.41, 5.74) is 4.62. The molecule has 1 saturated heterocycles. The zero-order chi connectivity index (χ0) is 23.9. The van der Waals surface area contributed by atoms with Crippen molar-refractivity contribution in [2.75, 3.05) is 19.6 Å². The number of nitrogens with zero attached hydrogens (tertiary/aromatic N) is 1. The van der Waals surface area contributed by atoms with E-state index >= 15 is 0 Å². The average molecular weight is 465 g/mol. The van der Waals surface area contributed by atoms with Crippen LogP contribution < -0.4 is 0 Å². The lowest BCUT2D eigenvalue weighted by atomic mass is 9.86. The van der Waals surface area contributed by atoms with Crippen LogP contribution in [-0.4, -0.2) is 29.5 Å². The number of aryl methyl sites for hydroxylation is 1. The van der Waals surface area contributed by atoms with E-state index in [4.69, 9.17) is 0 Å². The molecule has 0 unspecified atom stereocenters. The molecule has 5 heteroatoms. The summed E-state index contributed by atoms with van der Waals surface area (Å²) in [6.07, 6.45) is -0.117. The third-order valence-electron chi connectivity index (χ3n) is 7.36. The molecular formula is C29H31F3N2. The van der Waals surface area contributed by atoms with Crippen LogP contribution in [0.1, 0.15) is 55.8 Å². The van der Waals surface area contributed by atoms with Gasteiger partial charge in [-0.15, -0.1) is 0 Å². The summed E-state index contributed by atoms with van der Waals surface area (Å²) in [7, 11) is 0. The maximum Gasteiger partial charge on any atom is 0.417 e. The fraction of sp³-hybridized carbons (Fsp3) is 0.379. The highest BCUT2D eigenvalue weighted by atomic mass is 19.4. The van der Waals surface area contributed by atoms with Crippen molar-refractivity contribution < 1.29 is 13.2 Å². The van der Waals surface area contributed by atoms with Gasteiger partial charge in [0.1, 0.15) is 0 Å². The van der Waals surface area contributed by atoms with Gasteiger partial charge < -0.3 is 9.88 Å². The molecule has 2 heterocycles. The van der Waals surface area contributed by atoms with Crippen molar-refractivity contribution in [2.24, 2.45) is 0 Å². The minimum atomic E-state index is -4.40. The molecule has 0 bridgehead atoms. The summed E-state index contributed by atoms with van der Waals surface area (Å²) in [5.74, 6) is 0.482. The molecule has 4 aromatic rings. The van der Waals surface area contributed by atoms with Crippen molar-refractivity contribution in [1.29, 1.82) is 0 Å². The van der Waals surface area contributed by atoms with Gasteiger partial charge in [0.2, 0.25) is 0 Å². The number of fused-ring (bicyclic) bond motifs is 2. The monoisotopic (exact) mass is 464 g/mol. The molecule has 1 aromatic heterocycles. The highest BCUT2D eigenvalue weighted by molar-refractivity contribution is 5.94. The fourth-order valence-electron chi connectivity index (χ4n) is 5.61. The SMILES string of the molecule is CCCc1[nH]c2ccc(-c3cc(C(F)(F)F)c4ccccc4c3)cc2c1C1CCN(CC)CC1. The van der Waals surface area contributed by atoms with Gasteiger partial charge in [-0.1, -0.05) is 50.6 Å². The maximum atomic E-state index is 13.9. The number of halogens is 3. The predicted octanol–water partition coefficient (Wildman–Crippen LogP) is 8.16. The number of aromatic nitrogens is 1. The first-order valence-corrected chi connectivity index (χ1v) is 12.4. The molecular weight excluding hydrogens is 433 g/mol. The molecule has 1 fully saturated rings. The van der Waals surface area contributed by atoms with Crippen molar-refractivity contribution in [1.82, 2.24) is 9.88 Å². The van der Waals surface area contributed by atoms with Gasteiger partial charge in [-0.2, -0.15) is 13.2 Å². The predicted molar refractivity (Wildman–Crippen MR) is 134 cm³/mol. The second kappa shape index (κ2) is 9.10. The van der Waals surface area contributed by atoms with Crippen LogP contribution in [0.15, 0.2) is 54.6 Å². The smallest absolute Gasteiger partial charge is 0.358 e. The molecule has 0 aliphatic carbocycles. The van der Waals surface area contributed by atoms with E-state index < -0.39 is 11.7 Å². The van der Waals surface area contributed by atoms with Crippen molar-refractivity contribution in [3.63, 3.8) is 0 Å². The summed E-state index contributed by atoms with van der Waals surface area (Å²) >= 11 is 0. The summed E-state index contributed by atoms with van der Waals surface area (Å²) in [6, 6.07) is 16.0. The Bertz CT molecular complexity index is 1310. The maximum absolute atomic E-state index is 13.9. The number of rotatable bonds is 5. The lowest BCUT2D eigenvalue weighted by Gasteiger charge is -2.31. The van der Waals surface area contributed by atoms with Crippen LogP contribution in [0, 0.1) is 0 Å². The minimum absolute atomic E-state index is 0.245. The standard InChI is InChI=1S/C29H31F3N2/c1-3-7-27-28(19-12-14-34(4-2)15-13-19)24-17-20(10-11-26(24)33-27)22-16-21-8-5-6-9-23(21)25(18-22)29(30,31)32/h5-6,8-11,16-19,33H,3-4,7,12-15H2,1-2H3. The highest BCUT2D eigenvalue weighted by Crippen LogP contribution is 2.41. The Kier molecular flexibility index (Phi) is 6.15. The van der Waals surface area contributed by atoms with Crippen LogP contribution in [0.2, 0.25) is 0 Å². The van der Waals surface area contributed by atoms with E-state index in [2.05, 4.69) is 29.8 Å². The summed E-state index contributed by atoms with van der Waals surface area (Å²) in [6.45, 7) is 7.67. The van der Waals surface area contributed by atoms with Crippen LogP contribution in [0.5, 0.6) is 0 Å². The second-order valence-electron chi connectivity index (χ2n) is 9.48. The van der Waals surface area contributed by atoms with Crippen molar-refractivity contribution in [3.8, 4) is 11.1 Å². The number of alkyl halides is 3. The number of benzene rings is 3. The number of likely N-dealkylation sites (tertiary alicyclic amines) is 1. The molecule has 1 aliphatic heterocycles. The highest BCUT2D eigenvalue weighted by Gasteiger charge is 2.33. The lowest BCUT2D eigenvalue weighted by Crippen LogP contribution is -2.32. The third-order valence-corrected chi connectivity index (χ3v) is 7.36. The van der Waals surface area contributed by atoms with E-state index in [0.29, 0.717) is 16.9 Å². The van der Waals surface area contributed by atoms with Gasteiger partial charge in [-0.3, -0.25) is 0 Å². The van der Waals surface area contributed by atoms with Gasteiger partial charge in [0.15, 0.2) is 0 Å². The van der Waals surface area contributed by atoms with Crippen molar-refractivity contribution in [3.05, 3.63) is 71.4 Å². The van der Waals surface area contributed by atoms with Gasteiger partial charge >= 0.3 is 6.18 Å². The molecule has 178 valence electrons. The number of piperidine rings is 1. The van der Waals surface area contributed by atoms with Gasteiger partial charge in [-0.05, 0) is 96.5 Å². The number of H-pyrrole nitrogens is 1. The van der Waals surface area contributed by atoms with E-state index in [1.54, 1.807) is 24.3 Å². The van der Waals surface area contributed by atoms with Crippen LogP contribution >= 0.6 is 0 Å². The largest absolute Gasteiger partial charge is 0.417 e. The second-order valence-corrected chi connectivity index (χ2v) is 9.48. The molecule has 34 heavy (non-hydrogen) atoms. The normalized spacial score (nSPS) is 16.0. The van der Waals surface area contributed by atoms with E-state index in [9.17, 15) is 13.2 Å². The van der Waals surface area contributed by atoms with Gasteiger partial charge in [-0.25, -0.2) is 0 Å². The number of nitrogens with one attached hydrogen (secondary N) is 1. The van der Waals surface area contributed by atoms with Crippen LogP contribution in [0.25, 0.3) is 32.8 Å². The molecule has 0 amide bonds. The Labute approximate surface area is 198 Å². The first-order chi connectivity index (χ1) is 16.4. The minimum Gasteiger partial charge on any atom is -0.358 e. The Hall–Kier alpha value is -2.79. The van der Waals surface area contributed by atoms with Crippen LogP contribution in [-0.2, 0) is 12.6 Å². The topological polar surface area (TPSA) is 19.0 Å². The first kappa shape index (κ1) is 23.0. The molecule has 1 aliphatic rings. The van der Waals surface area contributed by atoms with Crippen LogP contribution in [0.3, 0.4) is 0 Å². The number of hydrogen-bond acceptors (Lipinski definition) is 1. The fourth-order valence-corrected chi connectivity index (χ4v) is 5.61. The quantitative estimate of drug-likeness (QED) is 0.316. The van der Waals surface area contributed by atoms with Gasteiger partial charge in [0.05, 0.1) is 5.56 Å². The molecule has 0 atom stereocenters. The Morgan fingerprint density at radius 3 is 2.38 bits per heavy atom. The summed E-state index contributed by atoms with van der Waals surface area (Å²) in [5, 5.41) is 2.02. The van der Waals surface area contributed by atoms with Crippen molar-refractivity contribution >= 4 is 21.7 Å². The van der Waals surface area contributed by atoms with E-state index in [1.165, 1.54) is 17.3 Å². The zero-order valence-electron chi connectivity index (χ0n) is 19.8. The van der Waals surface area contributed by atoms with Crippen LogP contribution in [0.4, 0.5) is 13.2 Å². The lowest BCUT2D eigenvalue weighted by molar-refractivity contribution is -0.136. The molecule has 0 spiro atoms. The molecule has 0 radical (unpaired) electrons. The number of aromatic amines is 1. The average Bonchev–Trinajstić information content (AvgIpc) is 3.20. The summed E-state index contributed by atoms with van der Waals surface area (Å²) in [4.78, 5) is 6.13. The Morgan fingerprint density at radius 1 is 0.912 bits per heavy atom. The molecule has 0 saturated carbocycles. The first-order valence-electron chi connectivity index (χ1n) is 12.4. The third kappa shape index (κ3) is 4.22. The Morgan fingerprint density at radius 2 is 1.68 bits per heavy atom. The zero-order valence-corrected chi connectivity index (χ0v) is 19.8. The van der Waals surface area contributed by atoms with E-state index in [-0.39, 0.29) is 5.39 Å². The van der Waals surface area contributed by atoms with E-state index in [0.717, 1.165) is 61.8 Å². The van der Waals surface area contributed by atoms with E-state index in [1.807, 2.05) is 18.2 Å².